The maximum atomic E-state index is 13.3. The Morgan fingerprint density at radius 3 is 2.69 bits per heavy atom. The summed E-state index contributed by atoms with van der Waals surface area (Å²) in [6, 6.07) is 4.24. The van der Waals surface area contributed by atoms with Crippen LogP contribution in [0, 0.1) is 5.41 Å². The number of carbonyl (C=O) groups is 1. The molecule has 1 aromatic rings. The van der Waals surface area contributed by atoms with E-state index in [0.29, 0.717) is 17.8 Å². The van der Waals surface area contributed by atoms with Crippen molar-refractivity contribution in [1.82, 2.24) is 9.88 Å². The van der Waals surface area contributed by atoms with Crippen molar-refractivity contribution in [2.75, 3.05) is 31.6 Å². The Bertz CT molecular complexity index is 642. The molecule has 1 spiro atoms. The third kappa shape index (κ3) is 3.15. The van der Waals surface area contributed by atoms with Crippen molar-refractivity contribution >= 4 is 11.6 Å². The smallest absolute Gasteiger partial charge is 0.230 e. The highest BCUT2D eigenvalue weighted by Gasteiger charge is 2.50. The first-order chi connectivity index (χ1) is 12.6. The Kier molecular flexibility index (Phi) is 4.78. The number of anilines is 1. The van der Waals surface area contributed by atoms with Gasteiger partial charge in [0.15, 0.2) is 0 Å². The largest absolute Gasteiger partial charge is 0.481 e. The van der Waals surface area contributed by atoms with Gasteiger partial charge in [-0.2, -0.15) is 0 Å². The van der Waals surface area contributed by atoms with Gasteiger partial charge in [-0.1, -0.05) is 0 Å². The van der Waals surface area contributed by atoms with Crippen molar-refractivity contribution in [2.24, 2.45) is 5.41 Å². The van der Waals surface area contributed by atoms with Gasteiger partial charge in [0, 0.05) is 31.7 Å². The molecule has 3 aliphatic rings. The quantitative estimate of drug-likeness (QED) is 0.896. The highest BCUT2D eigenvalue weighted by atomic mass is 16.5. The van der Waals surface area contributed by atoms with E-state index in [9.17, 15) is 9.90 Å². The van der Waals surface area contributed by atoms with E-state index in [1.807, 2.05) is 18.3 Å². The van der Waals surface area contributed by atoms with E-state index in [-0.39, 0.29) is 11.5 Å². The molecule has 142 valence electrons. The summed E-state index contributed by atoms with van der Waals surface area (Å²) in [6.07, 6.45) is 8.17. The Balaban J connectivity index is 1.46. The van der Waals surface area contributed by atoms with Crippen LogP contribution in [0.25, 0.3) is 0 Å². The second kappa shape index (κ2) is 7.06. The maximum Gasteiger partial charge on any atom is 0.230 e. The van der Waals surface area contributed by atoms with E-state index in [0.717, 1.165) is 70.3 Å². The number of aromatic nitrogens is 1. The van der Waals surface area contributed by atoms with Crippen LogP contribution in [0.15, 0.2) is 18.3 Å². The number of nitrogens with zero attached hydrogens (tertiary/aromatic N) is 3. The van der Waals surface area contributed by atoms with Crippen LogP contribution >= 0.6 is 0 Å². The molecule has 1 atom stereocenters. The summed E-state index contributed by atoms with van der Waals surface area (Å²) in [6.45, 7) is 2.62. The van der Waals surface area contributed by atoms with Gasteiger partial charge in [-0.25, -0.2) is 4.98 Å². The first-order valence-electron chi connectivity index (χ1n) is 9.85. The van der Waals surface area contributed by atoms with E-state index < -0.39 is 0 Å². The monoisotopic (exact) mass is 359 g/mol. The van der Waals surface area contributed by atoms with E-state index in [1.165, 1.54) is 0 Å². The van der Waals surface area contributed by atoms with Crippen LogP contribution in [0.1, 0.15) is 44.9 Å². The number of aliphatic hydroxyl groups excluding tert-OH is 1. The first-order valence-corrected chi connectivity index (χ1v) is 9.85. The number of hydrogen-bond donors (Lipinski definition) is 1. The van der Waals surface area contributed by atoms with Gasteiger partial charge in [-0.05, 0) is 51.0 Å². The van der Waals surface area contributed by atoms with E-state index in [4.69, 9.17) is 4.74 Å². The van der Waals surface area contributed by atoms with Gasteiger partial charge in [-0.15, -0.1) is 0 Å². The molecule has 0 radical (unpaired) electrons. The average molecular weight is 359 g/mol. The molecule has 0 aromatic carbocycles. The van der Waals surface area contributed by atoms with E-state index in [2.05, 4.69) is 14.8 Å². The van der Waals surface area contributed by atoms with Crippen LogP contribution in [-0.4, -0.2) is 59.8 Å². The van der Waals surface area contributed by atoms with E-state index in [1.54, 1.807) is 7.11 Å². The molecule has 2 saturated heterocycles. The zero-order valence-electron chi connectivity index (χ0n) is 15.6. The lowest BCUT2D eigenvalue weighted by Crippen LogP contribution is -2.50. The number of aliphatic hydroxyl groups is 1. The SMILES string of the molecule is COc1ccc(N2CCCC3(CCN(C4CCC(O)CC4)C3=O)C2)cn1. The number of ether oxygens (including phenoxy) is 1. The van der Waals surface area contributed by atoms with Gasteiger partial charge < -0.3 is 19.6 Å². The van der Waals surface area contributed by atoms with Gasteiger partial charge in [0.1, 0.15) is 0 Å². The number of methoxy groups -OCH3 is 1. The third-order valence-corrected chi connectivity index (χ3v) is 6.52. The number of pyridine rings is 1. The average Bonchev–Trinajstić information content (AvgIpc) is 2.98. The minimum Gasteiger partial charge on any atom is -0.481 e. The number of amides is 1. The summed E-state index contributed by atoms with van der Waals surface area (Å²) < 4.78 is 5.15. The second-order valence-electron chi connectivity index (χ2n) is 8.08. The molecule has 1 N–H and O–H groups in total. The van der Waals surface area contributed by atoms with Gasteiger partial charge >= 0.3 is 0 Å². The molecule has 1 aromatic heterocycles. The molecular formula is C20H29N3O3. The topological polar surface area (TPSA) is 65.9 Å². The third-order valence-electron chi connectivity index (χ3n) is 6.52. The fourth-order valence-electron chi connectivity index (χ4n) is 4.98. The predicted molar refractivity (Wildman–Crippen MR) is 99.3 cm³/mol. The van der Waals surface area contributed by atoms with Crippen molar-refractivity contribution in [1.29, 1.82) is 0 Å². The molecule has 26 heavy (non-hydrogen) atoms. The molecule has 6 heteroatoms. The van der Waals surface area contributed by atoms with Crippen molar-refractivity contribution in [3.63, 3.8) is 0 Å². The maximum absolute atomic E-state index is 13.3. The van der Waals surface area contributed by atoms with Crippen molar-refractivity contribution < 1.29 is 14.6 Å². The zero-order chi connectivity index (χ0) is 18.1. The zero-order valence-corrected chi connectivity index (χ0v) is 15.6. The van der Waals surface area contributed by atoms with E-state index >= 15 is 0 Å². The minimum atomic E-state index is -0.242. The molecule has 2 aliphatic heterocycles. The molecule has 1 aliphatic carbocycles. The van der Waals surface area contributed by atoms with Crippen LogP contribution in [0.2, 0.25) is 0 Å². The fraction of sp³-hybridized carbons (Fsp3) is 0.700. The standard InChI is InChI=1S/C20H29N3O3/c1-26-18-8-5-16(13-21-18)22-11-2-9-20(14-22)10-12-23(19(20)25)15-3-6-17(24)7-4-15/h5,8,13,15,17,24H,2-4,6-7,9-12,14H2,1H3. The predicted octanol–water partition coefficient (Wildman–Crippen LogP) is 2.21. The second-order valence-corrected chi connectivity index (χ2v) is 8.08. The Hall–Kier alpha value is -1.82. The highest BCUT2D eigenvalue weighted by molar-refractivity contribution is 5.86. The number of piperidine rings is 1. The van der Waals surface area contributed by atoms with Gasteiger partial charge in [0.05, 0.1) is 30.5 Å². The van der Waals surface area contributed by atoms with Crippen LogP contribution in [-0.2, 0) is 4.79 Å². The molecule has 3 heterocycles. The number of hydrogen-bond acceptors (Lipinski definition) is 5. The summed E-state index contributed by atoms with van der Waals surface area (Å²) >= 11 is 0. The summed E-state index contributed by atoms with van der Waals surface area (Å²) in [5.41, 5.74) is 0.825. The van der Waals surface area contributed by atoms with Crippen LogP contribution in [0.3, 0.4) is 0 Å². The summed E-state index contributed by atoms with van der Waals surface area (Å²) in [4.78, 5) is 22.1. The summed E-state index contributed by atoms with van der Waals surface area (Å²) in [5, 5.41) is 9.75. The molecule has 0 bridgehead atoms. The van der Waals surface area contributed by atoms with Crippen LogP contribution in [0.5, 0.6) is 5.88 Å². The number of rotatable bonds is 3. The summed E-state index contributed by atoms with van der Waals surface area (Å²) in [5.74, 6) is 0.952. The lowest BCUT2D eigenvalue weighted by molar-refractivity contribution is -0.139. The van der Waals surface area contributed by atoms with Crippen molar-refractivity contribution in [3.8, 4) is 5.88 Å². The molecule has 1 saturated carbocycles. The van der Waals surface area contributed by atoms with Crippen LogP contribution < -0.4 is 9.64 Å². The molecule has 3 fully saturated rings. The fourth-order valence-corrected chi connectivity index (χ4v) is 4.98. The number of likely N-dealkylation sites (tertiary alicyclic amines) is 1. The normalized spacial score (nSPS) is 32.3. The molecule has 1 amide bonds. The lowest BCUT2D eigenvalue weighted by atomic mass is 9.78. The van der Waals surface area contributed by atoms with Crippen molar-refractivity contribution in [2.45, 2.75) is 57.1 Å². The first kappa shape index (κ1) is 17.6. The van der Waals surface area contributed by atoms with Gasteiger partial charge in [0.25, 0.3) is 0 Å². The Morgan fingerprint density at radius 1 is 1.19 bits per heavy atom. The molecular weight excluding hydrogens is 330 g/mol. The lowest BCUT2D eigenvalue weighted by Gasteiger charge is -2.41. The molecule has 6 nitrogen and oxygen atoms in total. The minimum absolute atomic E-state index is 0.175. The van der Waals surface area contributed by atoms with Gasteiger partial charge in [-0.3, -0.25) is 4.79 Å². The number of carbonyl (C=O) groups excluding carboxylic acids is 1. The van der Waals surface area contributed by atoms with Gasteiger partial charge in [0.2, 0.25) is 11.8 Å². The Morgan fingerprint density at radius 2 is 2.00 bits per heavy atom. The molecule has 1 unspecified atom stereocenters. The molecule has 4 rings (SSSR count). The highest BCUT2D eigenvalue weighted by Crippen LogP contribution is 2.43. The summed E-state index contributed by atoms with van der Waals surface area (Å²) in [7, 11) is 1.62. The Labute approximate surface area is 155 Å². The van der Waals surface area contributed by atoms with Crippen LogP contribution in [0.4, 0.5) is 5.69 Å². The van der Waals surface area contributed by atoms with Crippen molar-refractivity contribution in [3.05, 3.63) is 18.3 Å².